The zero-order chi connectivity index (χ0) is 17.8. The maximum absolute atomic E-state index is 12.7. The second-order valence-corrected chi connectivity index (χ2v) is 5.32. The Balaban J connectivity index is 1.86. The van der Waals surface area contributed by atoms with Crippen LogP contribution in [0.5, 0.6) is 5.75 Å². The third kappa shape index (κ3) is 3.32. The summed E-state index contributed by atoms with van der Waals surface area (Å²) in [5, 5.41) is 28.0. The second-order valence-electron chi connectivity index (χ2n) is 5.32. The molecule has 0 saturated carbocycles. The standard InChI is InChI=1S/C15H18N8O2/c1-3-12(14-16-8-18-22(14)4-2)19-15(25)11-7-10(5-6-13(11)24)23-9-17-20-21-23/h5-9,12,24H,3-4H2,1-2H3,(H,19,25)/t12-/m1/s1. The predicted molar refractivity (Wildman–Crippen MR) is 87.0 cm³/mol. The Morgan fingerprint density at radius 3 is 2.88 bits per heavy atom. The van der Waals surface area contributed by atoms with Crippen LogP contribution in [0.1, 0.15) is 42.5 Å². The molecule has 130 valence electrons. The number of aromatic hydroxyl groups is 1. The Kier molecular flexibility index (Phi) is 4.68. The van der Waals surface area contributed by atoms with Crippen LogP contribution in [-0.4, -0.2) is 46.0 Å². The number of hydrogen-bond donors (Lipinski definition) is 2. The van der Waals surface area contributed by atoms with Gasteiger partial charge in [-0.05, 0) is 42.0 Å². The molecule has 0 fully saturated rings. The monoisotopic (exact) mass is 342 g/mol. The summed E-state index contributed by atoms with van der Waals surface area (Å²) in [5.74, 6) is 0.139. The number of nitrogens with zero attached hydrogens (tertiary/aromatic N) is 7. The quantitative estimate of drug-likeness (QED) is 0.681. The molecule has 2 heterocycles. The topological polar surface area (TPSA) is 124 Å². The van der Waals surface area contributed by atoms with Crippen LogP contribution in [0.25, 0.3) is 5.69 Å². The minimum atomic E-state index is -0.412. The van der Waals surface area contributed by atoms with E-state index in [-0.39, 0.29) is 17.4 Å². The summed E-state index contributed by atoms with van der Waals surface area (Å²) in [7, 11) is 0. The third-order valence-electron chi connectivity index (χ3n) is 3.81. The fraction of sp³-hybridized carbons (Fsp3) is 0.333. The highest BCUT2D eigenvalue weighted by Crippen LogP contribution is 2.22. The van der Waals surface area contributed by atoms with E-state index in [1.165, 1.54) is 29.5 Å². The Labute approximate surface area is 143 Å². The number of aromatic nitrogens is 7. The molecule has 25 heavy (non-hydrogen) atoms. The van der Waals surface area contributed by atoms with E-state index >= 15 is 0 Å². The molecule has 0 bridgehead atoms. The van der Waals surface area contributed by atoms with E-state index in [0.29, 0.717) is 24.5 Å². The van der Waals surface area contributed by atoms with Gasteiger partial charge in [0, 0.05) is 6.54 Å². The summed E-state index contributed by atoms with van der Waals surface area (Å²) in [6, 6.07) is 4.26. The Morgan fingerprint density at radius 2 is 2.20 bits per heavy atom. The molecule has 0 aliphatic heterocycles. The molecule has 0 unspecified atom stereocenters. The van der Waals surface area contributed by atoms with Gasteiger partial charge in [0.05, 0.1) is 17.3 Å². The van der Waals surface area contributed by atoms with E-state index in [1.54, 1.807) is 10.7 Å². The first kappa shape index (κ1) is 16.6. The molecule has 0 aliphatic rings. The molecule has 1 amide bonds. The molecule has 3 aromatic rings. The lowest BCUT2D eigenvalue weighted by Gasteiger charge is -2.17. The number of carbonyl (C=O) groups excluding carboxylic acids is 1. The fourth-order valence-corrected chi connectivity index (χ4v) is 2.50. The summed E-state index contributed by atoms with van der Waals surface area (Å²) in [5.41, 5.74) is 0.701. The normalized spacial score (nSPS) is 12.1. The van der Waals surface area contributed by atoms with Crippen molar-refractivity contribution in [3.05, 3.63) is 42.2 Å². The number of rotatable bonds is 6. The van der Waals surface area contributed by atoms with Gasteiger partial charge in [-0.1, -0.05) is 6.92 Å². The number of amides is 1. The third-order valence-corrected chi connectivity index (χ3v) is 3.81. The SMILES string of the molecule is CC[C@@H](NC(=O)c1cc(-n2cnnn2)ccc1O)c1ncnn1CC. The Hall–Kier alpha value is -3.30. The van der Waals surface area contributed by atoms with E-state index in [2.05, 4.69) is 30.9 Å². The van der Waals surface area contributed by atoms with Gasteiger partial charge in [0.25, 0.3) is 5.91 Å². The van der Waals surface area contributed by atoms with Crippen LogP contribution >= 0.6 is 0 Å². The Morgan fingerprint density at radius 1 is 1.36 bits per heavy atom. The number of hydrogen-bond acceptors (Lipinski definition) is 7. The number of carbonyl (C=O) groups is 1. The second kappa shape index (κ2) is 7.07. The van der Waals surface area contributed by atoms with Crippen LogP contribution in [0.3, 0.4) is 0 Å². The minimum absolute atomic E-state index is 0.124. The lowest BCUT2D eigenvalue weighted by Crippen LogP contribution is -2.30. The minimum Gasteiger partial charge on any atom is -0.507 e. The lowest BCUT2D eigenvalue weighted by molar-refractivity contribution is 0.0930. The molecule has 2 N–H and O–H groups in total. The van der Waals surface area contributed by atoms with Crippen molar-refractivity contribution in [1.82, 2.24) is 40.3 Å². The predicted octanol–water partition coefficient (Wildman–Crippen LogP) is 0.860. The average molecular weight is 342 g/mol. The van der Waals surface area contributed by atoms with Gasteiger partial charge in [0.2, 0.25) is 0 Å². The van der Waals surface area contributed by atoms with Gasteiger partial charge >= 0.3 is 0 Å². The smallest absolute Gasteiger partial charge is 0.255 e. The molecule has 0 spiro atoms. The Bertz CT molecular complexity index is 858. The zero-order valence-electron chi connectivity index (χ0n) is 13.9. The number of phenolic OH excluding ortho intramolecular Hbond substituents is 1. The van der Waals surface area contributed by atoms with E-state index in [0.717, 1.165) is 0 Å². The molecule has 10 nitrogen and oxygen atoms in total. The van der Waals surface area contributed by atoms with Crippen LogP contribution in [-0.2, 0) is 6.54 Å². The summed E-state index contributed by atoms with van der Waals surface area (Å²) in [6.45, 7) is 4.55. The lowest BCUT2D eigenvalue weighted by atomic mass is 10.1. The van der Waals surface area contributed by atoms with Gasteiger partial charge in [-0.3, -0.25) is 4.79 Å². The molecular weight excluding hydrogens is 324 g/mol. The number of nitrogens with one attached hydrogen (secondary N) is 1. The van der Waals surface area contributed by atoms with E-state index in [9.17, 15) is 9.90 Å². The molecule has 2 aromatic heterocycles. The highest BCUT2D eigenvalue weighted by atomic mass is 16.3. The number of tetrazole rings is 1. The van der Waals surface area contributed by atoms with Gasteiger partial charge in [0.1, 0.15) is 24.2 Å². The molecule has 10 heteroatoms. The molecule has 1 atom stereocenters. The molecule has 0 aliphatic carbocycles. The first-order chi connectivity index (χ1) is 12.1. The van der Waals surface area contributed by atoms with E-state index in [1.807, 2.05) is 13.8 Å². The zero-order valence-corrected chi connectivity index (χ0v) is 13.9. The largest absolute Gasteiger partial charge is 0.507 e. The van der Waals surface area contributed by atoms with Gasteiger partial charge in [0.15, 0.2) is 0 Å². The number of phenols is 1. The van der Waals surface area contributed by atoms with Crippen LogP contribution < -0.4 is 5.32 Å². The van der Waals surface area contributed by atoms with Crippen molar-refractivity contribution in [3.63, 3.8) is 0 Å². The summed E-state index contributed by atoms with van der Waals surface area (Å²) < 4.78 is 3.13. The molecule has 3 rings (SSSR count). The van der Waals surface area contributed by atoms with Crippen molar-refractivity contribution < 1.29 is 9.90 Å². The first-order valence-electron chi connectivity index (χ1n) is 7.89. The van der Waals surface area contributed by atoms with Crippen molar-refractivity contribution in [1.29, 1.82) is 0 Å². The van der Waals surface area contributed by atoms with Crippen molar-refractivity contribution in [2.24, 2.45) is 0 Å². The summed E-state index contributed by atoms with van der Waals surface area (Å²) in [6.07, 6.45) is 3.51. The highest BCUT2D eigenvalue weighted by Gasteiger charge is 2.21. The average Bonchev–Trinajstić information content (AvgIpc) is 3.31. The first-order valence-corrected chi connectivity index (χ1v) is 7.89. The van der Waals surface area contributed by atoms with Crippen molar-refractivity contribution in [3.8, 4) is 11.4 Å². The number of aryl methyl sites for hydroxylation is 1. The van der Waals surface area contributed by atoms with Crippen LogP contribution in [0.4, 0.5) is 0 Å². The van der Waals surface area contributed by atoms with E-state index in [4.69, 9.17) is 0 Å². The van der Waals surface area contributed by atoms with Gasteiger partial charge < -0.3 is 10.4 Å². The highest BCUT2D eigenvalue weighted by molar-refractivity contribution is 5.97. The molecular formula is C15H18N8O2. The van der Waals surface area contributed by atoms with E-state index < -0.39 is 5.91 Å². The summed E-state index contributed by atoms with van der Waals surface area (Å²) in [4.78, 5) is 16.9. The van der Waals surface area contributed by atoms with Gasteiger partial charge in [-0.15, -0.1) is 5.10 Å². The van der Waals surface area contributed by atoms with Gasteiger partial charge in [-0.2, -0.15) is 5.10 Å². The van der Waals surface area contributed by atoms with Crippen LogP contribution in [0.2, 0.25) is 0 Å². The van der Waals surface area contributed by atoms with Gasteiger partial charge in [-0.25, -0.2) is 14.3 Å². The number of benzene rings is 1. The van der Waals surface area contributed by atoms with Crippen LogP contribution in [0.15, 0.2) is 30.9 Å². The molecule has 0 radical (unpaired) electrons. The maximum Gasteiger partial charge on any atom is 0.255 e. The fourth-order valence-electron chi connectivity index (χ4n) is 2.50. The molecule has 1 aromatic carbocycles. The molecule has 0 saturated heterocycles. The maximum atomic E-state index is 12.7. The summed E-state index contributed by atoms with van der Waals surface area (Å²) >= 11 is 0. The van der Waals surface area contributed by atoms with Crippen molar-refractivity contribution >= 4 is 5.91 Å². The van der Waals surface area contributed by atoms with Crippen molar-refractivity contribution in [2.45, 2.75) is 32.9 Å². The van der Waals surface area contributed by atoms with Crippen molar-refractivity contribution in [2.75, 3.05) is 0 Å². The van der Waals surface area contributed by atoms with Crippen LogP contribution in [0, 0.1) is 0 Å².